The predicted molar refractivity (Wildman–Crippen MR) is 86.3 cm³/mol. The first-order valence-electron chi connectivity index (χ1n) is 7.06. The smallest absolute Gasteiger partial charge is 0.265 e. The zero-order valence-corrected chi connectivity index (χ0v) is 13.6. The molecule has 10 heteroatoms. The molecule has 0 aliphatic carbocycles. The van der Waals surface area contributed by atoms with Gasteiger partial charge < -0.3 is 5.11 Å². The maximum Gasteiger partial charge on any atom is 0.265 e. The summed E-state index contributed by atoms with van der Waals surface area (Å²) in [5, 5.41) is 9.44. The lowest BCUT2D eigenvalue weighted by atomic mass is 10.2. The summed E-state index contributed by atoms with van der Waals surface area (Å²) in [5.41, 5.74) is 0.379. The Morgan fingerprint density at radius 2 is 1.65 bits per heavy atom. The van der Waals surface area contributed by atoms with E-state index in [0.717, 1.165) is 12.4 Å². The lowest BCUT2D eigenvalue weighted by molar-refractivity contribution is 0.432. The van der Waals surface area contributed by atoms with E-state index in [1.165, 1.54) is 12.1 Å². The van der Waals surface area contributed by atoms with Crippen LogP contribution in [0.3, 0.4) is 0 Å². The number of aromatic hydroxyl groups is 1. The molecule has 0 aliphatic heterocycles. The zero-order chi connectivity index (χ0) is 18.9. The van der Waals surface area contributed by atoms with Gasteiger partial charge in [-0.1, -0.05) is 12.1 Å². The number of halogens is 3. The average molecular weight is 381 g/mol. The minimum Gasteiger partial charge on any atom is -0.508 e. The van der Waals surface area contributed by atoms with Crippen molar-refractivity contribution >= 4 is 15.7 Å². The van der Waals surface area contributed by atoms with Crippen LogP contribution in [-0.4, -0.2) is 23.5 Å². The number of hydrogen-bond donors (Lipinski definition) is 2. The van der Waals surface area contributed by atoms with Gasteiger partial charge in [-0.15, -0.1) is 0 Å². The van der Waals surface area contributed by atoms with Crippen LogP contribution in [0.4, 0.5) is 18.9 Å². The van der Waals surface area contributed by atoms with Gasteiger partial charge in [0.2, 0.25) is 0 Å². The van der Waals surface area contributed by atoms with Gasteiger partial charge in [0.15, 0.2) is 23.3 Å². The number of hydrogen-bond acceptors (Lipinski definition) is 5. The van der Waals surface area contributed by atoms with Gasteiger partial charge in [0.25, 0.3) is 10.0 Å². The van der Waals surface area contributed by atoms with Crippen LogP contribution in [0.5, 0.6) is 5.75 Å². The molecule has 0 saturated heterocycles. The van der Waals surface area contributed by atoms with E-state index in [9.17, 15) is 26.7 Å². The lowest BCUT2D eigenvalue weighted by Gasteiger charge is -2.09. The van der Waals surface area contributed by atoms with E-state index in [4.69, 9.17) is 0 Å². The van der Waals surface area contributed by atoms with Gasteiger partial charge in [-0.2, -0.15) is 0 Å². The van der Waals surface area contributed by atoms with Crippen LogP contribution < -0.4 is 4.72 Å². The molecule has 3 rings (SSSR count). The summed E-state index contributed by atoms with van der Waals surface area (Å²) in [4.78, 5) is 6.84. The summed E-state index contributed by atoms with van der Waals surface area (Å²) in [6, 6.07) is 7.21. The standard InChI is InChI=1S/C16H10F3N3O3S/c17-12-4-5-13(15(19)14(12)18)26(24,25)22-10-7-20-16(21-8-10)9-2-1-3-11(23)6-9/h1-8,22-23H. The van der Waals surface area contributed by atoms with E-state index >= 15 is 0 Å². The minimum absolute atomic E-state index is 0.00434. The normalized spacial score (nSPS) is 11.3. The first-order chi connectivity index (χ1) is 12.3. The van der Waals surface area contributed by atoms with Crippen molar-refractivity contribution in [3.63, 3.8) is 0 Å². The number of anilines is 1. The van der Waals surface area contributed by atoms with Crippen LogP contribution >= 0.6 is 0 Å². The van der Waals surface area contributed by atoms with Gasteiger partial charge >= 0.3 is 0 Å². The van der Waals surface area contributed by atoms with E-state index in [-0.39, 0.29) is 17.3 Å². The molecule has 3 aromatic rings. The van der Waals surface area contributed by atoms with E-state index in [0.29, 0.717) is 17.7 Å². The monoisotopic (exact) mass is 381 g/mol. The van der Waals surface area contributed by atoms with Crippen LogP contribution in [-0.2, 0) is 10.0 Å². The fourth-order valence-electron chi connectivity index (χ4n) is 2.10. The van der Waals surface area contributed by atoms with Crippen molar-refractivity contribution in [2.24, 2.45) is 0 Å². The van der Waals surface area contributed by atoms with Crippen molar-refractivity contribution in [3.8, 4) is 17.1 Å². The number of phenols is 1. The Labute approximate surface area is 146 Å². The van der Waals surface area contributed by atoms with Crippen LogP contribution in [0.1, 0.15) is 0 Å². The Kier molecular flexibility index (Phi) is 4.51. The molecule has 26 heavy (non-hydrogen) atoms. The maximum atomic E-state index is 13.7. The highest BCUT2D eigenvalue weighted by molar-refractivity contribution is 7.92. The van der Waals surface area contributed by atoms with Crippen LogP contribution in [0.25, 0.3) is 11.4 Å². The first kappa shape index (κ1) is 17.7. The molecule has 0 unspecified atom stereocenters. The average Bonchev–Trinajstić information content (AvgIpc) is 2.60. The Bertz CT molecular complexity index is 1070. The lowest BCUT2D eigenvalue weighted by Crippen LogP contribution is -2.16. The number of aromatic nitrogens is 2. The molecule has 6 nitrogen and oxygen atoms in total. The molecule has 1 heterocycles. The number of benzene rings is 2. The molecule has 0 aliphatic rings. The predicted octanol–water partition coefficient (Wildman–Crippen LogP) is 3.07. The van der Waals surface area contributed by atoms with Gasteiger partial charge in [0, 0.05) is 5.56 Å². The number of nitrogens with one attached hydrogen (secondary N) is 1. The van der Waals surface area contributed by atoms with Gasteiger partial charge in [0.1, 0.15) is 10.6 Å². The summed E-state index contributed by atoms with van der Waals surface area (Å²) in [6.07, 6.45) is 2.23. The third-order valence-corrected chi connectivity index (χ3v) is 4.70. The second kappa shape index (κ2) is 6.64. The van der Waals surface area contributed by atoms with Crippen molar-refractivity contribution < 1.29 is 26.7 Å². The Morgan fingerprint density at radius 1 is 0.962 bits per heavy atom. The van der Waals surface area contributed by atoms with Crippen LogP contribution in [0, 0.1) is 17.5 Å². The number of nitrogens with zero attached hydrogens (tertiary/aromatic N) is 2. The molecule has 0 fully saturated rings. The molecule has 0 amide bonds. The summed E-state index contributed by atoms with van der Waals surface area (Å²) >= 11 is 0. The molecule has 0 bridgehead atoms. The van der Waals surface area contributed by atoms with Gasteiger partial charge in [-0.05, 0) is 24.3 Å². The molecule has 0 atom stereocenters. The van der Waals surface area contributed by atoms with Crippen molar-refractivity contribution in [1.29, 1.82) is 0 Å². The second-order valence-corrected chi connectivity index (χ2v) is 6.78. The van der Waals surface area contributed by atoms with Crippen molar-refractivity contribution in [2.45, 2.75) is 4.90 Å². The minimum atomic E-state index is -4.52. The number of rotatable bonds is 4. The Balaban J connectivity index is 1.88. The second-order valence-electron chi connectivity index (χ2n) is 5.12. The highest BCUT2D eigenvalue weighted by atomic mass is 32.2. The molecular formula is C16H10F3N3O3S. The van der Waals surface area contributed by atoms with Crippen LogP contribution in [0.2, 0.25) is 0 Å². The number of sulfonamides is 1. The Hall–Kier alpha value is -3.14. The van der Waals surface area contributed by atoms with Gasteiger partial charge in [0.05, 0.1) is 18.1 Å². The number of phenolic OH excluding ortho intramolecular Hbond substituents is 1. The van der Waals surface area contributed by atoms with Crippen molar-refractivity contribution in [2.75, 3.05) is 4.72 Å². The summed E-state index contributed by atoms with van der Waals surface area (Å²) < 4.78 is 66.2. The molecule has 0 radical (unpaired) electrons. The third kappa shape index (κ3) is 3.45. The van der Waals surface area contributed by atoms with Crippen molar-refractivity contribution in [1.82, 2.24) is 9.97 Å². The first-order valence-corrected chi connectivity index (χ1v) is 8.54. The zero-order valence-electron chi connectivity index (χ0n) is 12.8. The van der Waals surface area contributed by atoms with Crippen molar-refractivity contribution in [3.05, 3.63) is 66.2 Å². The quantitative estimate of drug-likeness (QED) is 0.678. The topological polar surface area (TPSA) is 92.2 Å². The summed E-state index contributed by atoms with van der Waals surface area (Å²) in [7, 11) is -4.52. The molecule has 2 N–H and O–H groups in total. The summed E-state index contributed by atoms with van der Waals surface area (Å²) in [5.74, 6) is -4.99. The molecule has 1 aromatic heterocycles. The summed E-state index contributed by atoms with van der Waals surface area (Å²) in [6.45, 7) is 0. The van der Waals surface area contributed by atoms with Gasteiger partial charge in [-0.25, -0.2) is 31.6 Å². The molecule has 2 aromatic carbocycles. The molecular weight excluding hydrogens is 371 g/mol. The van der Waals surface area contributed by atoms with E-state index in [1.54, 1.807) is 12.1 Å². The van der Waals surface area contributed by atoms with Gasteiger partial charge in [-0.3, -0.25) is 4.72 Å². The molecule has 134 valence electrons. The van der Waals surface area contributed by atoms with E-state index in [2.05, 4.69) is 9.97 Å². The largest absolute Gasteiger partial charge is 0.508 e. The maximum absolute atomic E-state index is 13.7. The third-order valence-electron chi connectivity index (χ3n) is 3.30. The van der Waals surface area contributed by atoms with E-state index < -0.39 is 32.4 Å². The SMILES string of the molecule is O=S(=O)(Nc1cnc(-c2cccc(O)c2)nc1)c1ccc(F)c(F)c1F. The fourth-order valence-corrected chi connectivity index (χ4v) is 3.20. The van der Waals surface area contributed by atoms with E-state index in [1.807, 2.05) is 4.72 Å². The fraction of sp³-hybridized carbons (Fsp3) is 0. The highest BCUT2D eigenvalue weighted by Crippen LogP contribution is 2.23. The molecule has 0 saturated carbocycles. The Morgan fingerprint density at radius 3 is 2.31 bits per heavy atom. The molecule has 0 spiro atoms. The van der Waals surface area contributed by atoms with Crippen LogP contribution in [0.15, 0.2) is 53.7 Å². The highest BCUT2D eigenvalue weighted by Gasteiger charge is 2.24.